The number of aromatic nitrogens is 5. The van der Waals surface area contributed by atoms with Crippen LogP contribution in [0.25, 0.3) is 5.65 Å². The maximum absolute atomic E-state index is 13.2. The van der Waals surface area contributed by atoms with Crippen LogP contribution >= 0.6 is 0 Å². The number of alkyl halides is 3. The van der Waals surface area contributed by atoms with E-state index in [2.05, 4.69) is 25.8 Å². The molecule has 31 heavy (non-hydrogen) atoms. The number of halogens is 3. The third kappa shape index (κ3) is 4.48. The molecule has 12 heteroatoms. The van der Waals surface area contributed by atoms with Gasteiger partial charge in [-0.15, -0.1) is 0 Å². The third-order valence-electron chi connectivity index (χ3n) is 5.36. The molecule has 9 nitrogen and oxygen atoms in total. The van der Waals surface area contributed by atoms with E-state index >= 15 is 0 Å². The molecule has 1 aliphatic rings. The summed E-state index contributed by atoms with van der Waals surface area (Å²) in [5.41, 5.74) is 4.93. The van der Waals surface area contributed by atoms with Gasteiger partial charge < -0.3 is 16.4 Å². The van der Waals surface area contributed by atoms with Gasteiger partial charge in [-0.05, 0) is 18.9 Å². The molecule has 0 bridgehead atoms. The van der Waals surface area contributed by atoms with E-state index in [1.165, 1.54) is 17.8 Å². The number of hydrogen-bond acceptors (Lipinski definition) is 6. The summed E-state index contributed by atoms with van der Waals surface area (Å²) in [5.74, 6) is -0.230. The van der Waals surface area contributed by atoms with Gasteiger partial charge >= 0.3 is 6.18 Å². The predicted octanol–water partition coefficient (Wildman–Crippen LogP) is 2.81. The fourth-order valence-corrected chi connectivity index (χ4v) is 3.79. The van der Waals surface area contributed by atoms with Crippen LogP contribution < -0.4 is 16.4 Å². The van der Waals surface area contributed by atoms with Gasteiger partial charge in [-0.25, -0.2) is 9.50 Å². The smallest absolute Gasteiger partial charge is 0.366 e. The molecule has 1 fully saturated rings. The van der Waals surface area contributed by atoms with Crippen molar-refractivity contribution in [2.75, 3.05) is 10.6 Å². The van der Waals surface area contributed by atoms with E-state index in [-0.39, 0.29) is 23.3 Å². The standard InChI is InChI=1S/C19H23F3N8O/c1-29-10-14(16(28-29)19(20,21)22)26-18(31)11-9-24-30-8-7-15(27-17(11)30)25-13-6-4-2-3-5-12(13)23/h7-10,12-13H,2-6,23H2,1H3,(H,25,27)(H,26,31)/t12-,13+/m0/s1. The second kappa shape index (κ2) is 8.17. The zero-order valence-corrected chi connectivity index (χ0v) is 16.9. The van der Waals surface area contributed by atoms with E-state index in [0.717, 1.165) is 43.0 Å². The number of carbonyl (C=O) groups excluding carboxylic acids is 1. The van der Waals surface area contributed by atoms with Crippen LogP contribution in [0.15, 0.2) is 24.7 Å². The van der Waals surface area contributed by atoms with Gasteiger partial charge in [0.05, 0.1) is 11.9 Å². The lowest BCUT2D eigenvalue weighted by molar-refractivity contribution is -0.140. The van der Waals surface area contributed by atoms with Crippen LogP contribution in [0, 0.1) is 0 Å². The Labute approximate surface area is 175 Å². The molecule has 1 aliphatic carbocycles. The summed E-state index contributed by atoms with van der Waals surface area (Å²) in [6, 6.07) is 1.78. The molecule has 0 saturated heterocycles. The average molecular weight is 436 g/mol. The SMILES string of the molecule is Cn1cc(NC(=O)c2cnn3ccc(N[C@@H]4CCCCC[C@@H]4N)nc23)c(C(F)(F)F)n1. The molecule has 0 aromatic carbocycles. The van der Waals surface area contributed by atoms with Gasteiger partial charge in [0, 0.05) is 31.5 Å². The lowest BCUT2D eigenvalue weighted by Gasteiger charge is -2.23. The first-order chi connectivity index (χ1) is 14.7. The van der Waals surface area contributed by atoms with Gasteiger partial charge in [0.2, 0.25) is 0 Å². The van der Waals surface area contributed by atoms with Crippen molar-refractivity contribution >= 4 is 23.1 Å². The van der Waals surface area contributed by atoms with Gasteiger partial charge in [-0.3, -0.25) is 9.48 Å². The highest BCUT2D eigenvalue weighted by Gasteiger charge is 2.38. The number of fused-ring (bicyclic) bond motifs is 1. The normalized spacial score (nSPS) is 19.9. The molecule has 4 rings (SSSR count). The number of nitrogens with one attached hydrogen (secondary N) is 2. The zero-order chi connectivity index (χ0) is 22.2. The molecule has 3 aromatic rings. The number of hydrogen-bond donors (Lipinski definition) is 3. The quantitative estimate of drug-likeness (QED) is 0.542. The van der Waals surface area contributed by atoms with E-state index in [9.17, 15) is 18.0 Å². The minimum atomic E-state index is -4.70. The first-order valence-electron chi connectivity index (χ1n) is 10.0. The van der Waals surface area contributed by atoms with Gasteiger partial charge in [-0.2, -0.15) is 23.4 Å². The van der Waals surface area contributed by atoms with Gasteiger partial charge in [0.1, 0.15) is 11.4 Å². The Morgan fingerprint density at radius 3 is 2.81 bits per heavy atom. The van der Waals surface area contributed by atoms with Crippen molar-refractivity contribution in [1.29, 1.82) is 0 Å². The Hall–Kier alpha value is -3.15. The molecular formula is C19H23F3N8O. The highest BCUT2D eigenvalue weighted by Crippen LogP contribution is 2.33. The van der Waals surface area contributed by atoms with E-state index in [1.807, 2.05) is 0 Å². The monoisotopic (exact) mass is 436 g/mol. The average Bonchev–Trinajstić information content (AvgIpc) is 3.23. The molecule has 3 aromatic heterocycles. The summed E-state index contributed by atoms with van der Waals surface area (Å²) in [4.78, 5) is 17.2. The number of amides is 1. The molecule has 166 valence electrons. The largest absolute Gasteiger partial charge is 0.437 e. The van der Waals surface area contributed by atoms with Crippen LogP contribution in [0.5, 0.6) is 0 Å². The van der Waals surface area contributed by atoms with Gasteiger partial charge in [-0.1, -0.05) is 19.3 Å². The molecule has 0 spiro atoms. The number of carbonyl (C=O) groups is 1. The Morgan fingerprint density at radius 1 is 1.26 bits per heavy atom. The first kappa shape index (κ1) is 21.1. The second-order valence-electron chi connectivity index (χ2n) is 7.71. The lowest BCUT2D eigenvalue weighted by atomic mass is 10.0. The van der Waals surface area contributed by atoms with Crippen molar-refractivity contribution in [2.24, 2.45) is 12.8 Å². The Morgan fingerprint density at radius 2 is 2.03 bits per heavy atom. The number of anilines is 2. The molecule has 3 heterocycles. The topological polar surface area (TPSA) is 115 Å². The molecule has 0 aliphatic heterocycles. The maximum atomic E-state index is 13.2. The van der Waals surface area contributed by atoms with Crippen molar-refractivity contribution in [2.45, 2.75) is 50.4 Å². The van der Waals surface area contributed by atoms with Gasteiger partial charge in [0.25, 0.3) is 5.91 Å². The molecule has 2 atom stereocenters. The fraction of sp³-hybridized carbons (Fsp3) is 0.474. The molecule has 0 radical (unpaired) electrons. The van der Waals surface area contributed by atoms with E-state index < -0.39 is 23.5 Å². The third-order valence-corrected chi connectivity index (χ3v) is 5.36. The molecule has 0 unspecified atom stereocenters. The summed E-state index contributed by atoms with van der Waals surface area (Å²) in [5, 5.41) is 13.1. The fourth-order valence-electron chi connectivity index (χ4n) is 3.79. The summed E-state index contributed by atoms with van der Waals surface area (Å²) in [6.45, 7) is 0. The highest BCUT2D eigenvalue weighted by atomic mass is 19.4. The Kier molecular flexibility index (Phi) is 5.56. The first-order valence-corrected chi connectivity index (χ1v) is 10.0. The van der Waals surface area contributed by atoms with Crippen LogP contribution in [0.1, 0.15) is 48.2 Å². The van der Waals surface area contributed by atoms with Crippen LogP contribution in [-0.4, -0.2) is 42.4 Å². The lowest BCUT2D eigenvalue weighted by Crippen LogP contribution is -2.39. The van der Waals surface area contributed by atoms with Crippen LogP contribution in [-0.2, 0) is 13.2 Å². The van der Waals surface area contributed by atoms with Crippen molar-refractivity contribution in [3.05, 3.63) is 35.9 Å². The second-order valence-corrected chi connectivity index (χ2v) is 7.71. The molecule has 4 N–H and O–H groups in total. The summed E-state index contributed by atoms with van der Waals surface area (Å²) in [7, 11) is 1.35. The number of aryl methyl sites for hydroxylation is 1. The molecule has 1 amide bonds. The van der Waals surface area contributed by atoms with E-state index in [4.69, 9.17) is 5.73 Å². The van der Waals surface area contributed by atoms with E-state index in [0.29, 0.717) is 5.82 Å². The number of nitrogens with two attached hydrogens (primary N) is 1. The maximum Gasteiger partial charge on any atom is 0.437 e. The van der Waals surface area contributed by atoms with Crippen molar-refractivity contribution in [3.63, 3.8) is 0 Å². The Balaban J connectivity index is 1.58. The summed E-state index contributed by atoms with van der Waals surface area (Å²) >= 11 is 0. The predicted molar refractivity (Wildman–Crippen MR) is 108 cm³/mol. The van der Waals surface area contributed by atoms with Crippen molar-refractivity contribution < 1.29 is 18.0 Å². The number of nitrogens with zero attached hydrogens (tertiary/aromatic N) is 5. The minimum absolute atomic E-state index is 0.000392. The van der Waals surface area contributed by atoms with Gasteiger partial charge in [0.15, 0.2) is 11.3 Å². The van der Waals surface area contributed by atoms with Crippen molar-refractivity contribution in [3.8, 4) is 0 Å². The van der Waals surface area contributed by atoms with Crippen LogP contribution in [0.3, 0.4) is 0 Å². The van der Waals surface area contributed by atoms with Crippen LogP contribution in [0.4, 0.5) is 24.7 Å². The molecule has 1 saturated carbocycles. The van der Waals surface area contributed by atoms with Crippen molar-refractivity contribution in [1.82, 2.24) is 24.4 Å². The highest BCUT2D eigenvalue weighted by molar-refractivity contribution is 6.08. The summed E-state index contributed by atoms with van der Waals surface area (Å²) < 4.78 is 41.9. The zero-order valence-electron chi connectivity index (χ0n) is 16.9. The minimum Gasteiger partial charge on any atom is -0.366 e. The Bertz CT molecular complexity index is 1090. The number of rotatable bonds is 4. The van der Waals surface area contributed by atoms with E-state index in [1.54, 1.807) is 12.3 Å². The molecular weight excluding hydrogens is 413 g/mol. The van der Waals surface area contributed by atoms with Crippen LogP contribution in [0.2, 0.25) is 0 Å². The summed E-state index contributed by atoms with van der Waals surface area (Å²) in [6.07, 6.45) is 4.44.